The molecule has 1 aliphatic rings. The molecule has 3 atom stereocenters. The predicted octanol–water partition coefficient (Wildman–Crippen LogP) is 4.48. The van der Waals surface area contributed by atoms with Gasteiger partial charge in [0, 0.05) is 26.4 Å². The third-order valence-corrected chi connectivity index (χ3v) is 4.85. The maximum Gasteiger partial charge on any atom is 0.306 e. The summed E-state index contributed by atoms with van der Waals surface area (Å²) in [6, 6.07) is 20.3. The average molecular weight is 380 g/mol. The first kappa shape index (κ1) is 20.3. The number of benzene rings is 2. The van der Waals surface area contributed by atoms with Gasteiger partial charge in [-0.25, -0.2) is 0 Å². The van der Waals surface area contributed by atoms with Crippen molar-refractivity contribution in [1.29, 1.82) is 0 Å². The summed E-state index contributed by atoms with van der Waals surface area (Å²) in [5, 5.41) is 0. The number of esters is 1. The van der Waals surface area contributed by atoms with Crippen molar-refractivity contribution in [1.82, 2.24) is 0 Å². The van der Waals surface area contributed by atoms with Gasteiger partial charge in [-0.1, -0.05) is 66.7 Å². The zero-order valence-electron chi connectivity index (χ0n) is 16.3. The first-order chi connectivity index (χ1) is 13.7. The van der Waals surface area contributed by atoms with Crippen LogP contribution in [0.1, 0.15) is 30.4 Å². The normalized spacial score (nSPS) is 19.5. The Bertz CT molecular complexity index is 742. The minimum Gasteiger partial charge on any atom is -0.458 e. The van der Waals surface area contributed by atoms with E-state index in [0.717, 1.165) is 18.4 Å². The topological polar surface area (TPSA) is 44.8 Å². The predicted molar refractivity (Wildman–Crippen MR) is 109 cm³/mol. The number of carbonyl (C=O) groups excluding carboxylic acids is 1. The van der Waals surface area contributed by atoms with Crippen molar-refractivity contribution < 1.29 is 19.0 Å². The molecule has 3 rings (SSSR count). The molecular formula is C24H28O4. The molecule has 4 nitrogen and oxygen atoms in total. The van der Waals surface area contributed by atoms with Crippen LogP contribution in [0.3, 0.4) is 0 Å². The van der Waals surface area contributed by atoms with Gasteiger partial charge in [-0.15, -0.1) is 0 Å². The summed E-state index contributed by atoms with van der Waals surface area (Å²) < 4.78 is 17.1. The standard InChI is InChI=1S/C24H28O4/c1-26-24(17-13-20-10-6-3-7-11-20)28-22-15-14-21(18-22)27-23(25)16-12-19-8-4-2-5-9-19/h2-11,14-15,21-22,24H,12-13,16-18H2,1H3. The molecule has 0 saturated carbocycles. The largest absolute Gasteiger partial charge is 0.458 e. The minimum atomic E-state index is -0.276. The summed E-state index contributed by atoms with van der Waals surface area (Å²) in [7, 11) is 1.66. The van der Waals surface area contributed by atoms with Gasteiger partial charge in [0.05, 0.1) is 6.10 Å². The summed E-state index contributed by atoms with van der Waals surface area (Å²) in [6.45, 7) is 0. The number of ether oxygens (including phenoxy) is 3. The number of rotatable bonds is 10. The zero-order chi connectivity index (χ0) is 19.6. The van der Waals surface area contributed by atoms with Crippen LogP contribution in [0.5, 0.6) is 0 Å². The van der Waals surface area contributed by atoms with E-state index in [-0.39, 0.29) is 24.5 Å². The van der Waals surface area contributed by atoms with Crippen LogP contribution in [0.25, 0.3) is 0 Å². The lowest BCUT2D eigenvalue weighted by atomic mass is 10.1. The second-order valence-corrected chi connectivity index (χ2v) is 7.00. The fourth-order valence-electron chi connectivity index (χ4n) is 3.31. The van der Waals surface area contributed by atoms with Crippen LogP contribution in [-0.2, 0) is 31.8 Å². The van der Waals surface area contributed by atoms with Crippen molar-refractivity contribution in [3.05, 3.63) is 83.9 Å². The van der Waals surface area contributed by atoms with Crippen LogP contribution in [-0.4, -0.2) is 31.6 Å². The Labute approximate surface area is 167 Å². The lowest BCUT2D eigenvalue weighted by Crippen LogP contribution is -2.24. The zero-order valence-corrected chi connectivity index (χ0v) is 16.3. The molecule has 0 amide bonds. The maximum absolute atomic E-state index is 12.1. The van der Waals surface area contributed by atoms with Crippen molar-refractivity contribution in [2.45, 2.75) is 50.6 Å². The van der Waals surface area contributed by atoms with Gasteiger partial charge in [-0.2, -0.15) is 0 Å². The lowest BCUT2D eigenvalue weighted by Gasteiger charge is -2.21. The Morgan fingerprint density at radius 2 is 1.54 bits per heavy atom. The van der Waals surface area contributed by atoms with Crippen LogP contribution in [0.2, 0.25) is 0 Å². The van der Waals surface area contributed by atoms with Crippen LogP contribution in [0.15, 0.2) is 72.8 Å². The molecule has 0 saturated heterocycles. The van der Waals surface area contributed by atoms with Crippen molar-refractivity contribution in [2.75, 3.05) is 7.11 Å². The first-order valence-electron chi connectivity index (χ1n) is 9.87. The Kier molecular flexibility index (Phi) is 7.82. The van der Waals surface area contributed by atoms with E-state index in [0.29, 0.717) is 19.3 Å². The molecule has 0 fully saturated rings. The Morgan fingerprint density at radius 3 is 2.18 bits per heavy atom. The van der Waals surface area contributed by atoms with E-state index < -0.39 is 0 Å². The third-order valence-electron chi connectivity index (χ3n) is 4.85. The van der Waals surface area contributed by atoms with E-state index >= 15 is 0 Å². The van der Waals surface area contributed by atoms with Crippen LogP contribution in [0, 0.1) is 0 Å². The van der Waals surface area contributed by atoms with Crippen LogP contribution in [0.4, 0.5) is 0 Å². The highest BCUT2D eigenvalue weighted by molar-refractivity contribution is 5.70. The van der Waals surface area contributed by atoms with Crippen LogP contribution < -0.4 is 0 Å². The number of methoxy groups -OCH3 is 1. The summed E-state index contributed by atoms with van der Waals surface area (Å²) in [5.74, 6) is -0.175. The third kappa shape index (κ3) is 6.63. The fraction of sp³-hybridized carbons (Fsp3) is 0.375. The van der Waals surface area contributed by atoms with Gasteiger partial charge in [0.1, 0.15) is 6.10 Å². The van der Waals surface area contributed by atoms with Gasteiger partial charge in [0.15, 0.2) is 6.29 Å². The van der Waals surface area contributed by atoms with E-state index in [2.05, 4.69) is 12.1 Å². The van der Waals surface area contributed by atoms with Gasteiger partial charge in [0.2, 0.25) is 0 Å². The van der Waals surface area contributed by atoms with Crippen LogP contribution >= 0.6 is 0 Å². The number of hydrogen-bond donors (Lipinski definition) is 0. The molecule has 0 radical (unpaired) electrons. The highest BCUT2D eigenvalue weighted by atomic mass is 16.7. The highest BCUT2D eigenvalue weighted by Gasteiger charge is 2.25. The molecule has 0 aromatic heterocycles. The molecule has 1 aliphatic carbocycles. The summed E-state index contributed by atoms with van der Waals surface area (Å²) in [5.41, 5.74) is 2.41. The molecule has 4 heteroatoms. The molecule has 0 bridgehead atoms. The number of aryl methyl sites for hydroxylation is 2. The molecule has 3 unspecified atom stereocenters. The summed E-state index contributed by atoms with van der Waals surface area (Å²) in [6.07, 6.45) is 6.69. The average Bonchev–Trinajstić information content (AvgIpc) is 3.17. The number of carbonyl (C=O) groups is 1. The molecule has 2 aromatic carbocycles. The van der Waals surface area contributed by atoms with E-state index in [9.17, 15) is 4.79 Å². The van der Waals surface area contributed by atoms with Crippen molar-refractivity contribution in [3.8, 4) is 0 Å². The minimum absolute atomic E-state index is 0.0901. The summed E-state index contributed by atoms with van der Waals surface area (Å²) >= 11 is 0. The van der Waals surface area contributed by atoms with Gasteiger partial charge < -0.3 is 14.2 Å². The molecule has 28 heavy (non-hydrogen) atoms. The Hall–Kier alpha value is -2.43. The first-order valence-corrected chi connectivity index (χ1v) is 9.87. The monoisotopic (exact) mass is 380 g/mol. The molecule has 0 aliphatic heterocycles. The molecular weight excluding hydrogens is 352 g/mol. The fourth-order valence-corrected chi connectivity index (χ4v) is 3.31. The van der Waals surface area contributed by atoms with E-state index in [4.69, 9.17) is 14.2 Å². The lowest BCUT2D eigenvalue weighted by molar-refractivity contribution is -0.156. The van der Waals surface area contributed by atoms with Crippen molar-refractivity contribution in [2.24, 2.45) is 0 Å². The molecule has 0 heterocycles. The molecule has 0 spiro atoms. The van der Waals surface area contributed by atoms with Crippen molar-refractivity contribution >= 4 is 5.97 Å². The van der Waals surface area contributed by atoms with Crippen molar-refractivity contribution in [3.63, 3.8) is 0 Å². The Balaban J connectivity index is 1.37. The smallest absolute Gasteiger partial charge is 0.306 e. The van der Waals surface area contributed by atoms with Gasteiger partial charge in [-0.3, -0.25) is 4.79 Å². The van der Waals surface area contributed by atoms with Gasteiger partial charge in [-0.05, 0) is 30.0 Å². The van der Waals surface area contributed by atoms with E-state index in [1.165, 1.54) is 5.56 Å². The Morgan fingerprint density at radius 1 is 0.929 bits per heavy atom. The van der Waals surface area contributed by atoms with Gasteiger partial charge in [0.25, 0.3) is 0 Å². The molecule has 148 valence electrons. The molecule has 0 N–H and O–H groups in total. The second kappa shape index (κ2) is 10.8. The van der Waals surface area contributed by atoms with E-state index in [1.54, 1.807) is 7.11 Å². The SMILES string of the molecule is COC(CCc1ccccc1)OC1C=CC(OC(=O)CCc2ccccc2)C1. The summed E-state index contributed by atoms with van der Waals surface area (Å²) in [4.78, 5) is 12.1. The van der Waals surface area contributed by atoms with Gasteiger partial charge >= 0.3 is 5.97 Å². The van der Waals surface area contributed by atoms with E-state index in [1.807, 2.05) is 60.7 Å². The highest BCUT2D eigenvalue weighted by Crippen LogP contribution is 2.21. The maximum atomic E-state index is 12.1. The molecule has 2 aromatic rings. The number of hydrogen-bond acceptors (Lipinski definition) is 4. The second-order valence-electron chi connectivity index (χ2n) is 7.00. The quantitative estimate of drug-likeness (QED) is 0.346.